The van der Waals surface area contributed by atoms with Crippen LogP contribution in [0.5, 0.6) is 0 Å². The molecule has 0 spiro atoms. The highest BCUT2D eigenvalue weighted by Crippen LogP contribution is 2.11. The number of anilines is 1. The predicted octanol–water partition coefficient (Wildman–Crippen LogP) is -0.589. The van der Waals surface area contributed by atoms with Crippen LogP contribution in [0.3, 0.4) is 0 Å². The summed E-state index contributed by atoms with van der Waals surface area (Å²) in [6.45, 7) is 0.302. The van der Waals surface area contributed by atoms with Gasteiger partial charge in [-0.25, -0.2) is 4.79 Å². The third-order valence-corrected chi connectivity index (χ3v) is 2.71. The second-order valence-corrected chi connectivity index (χ2v) is 4.11. The number of carbonyl (C=O) groups excluding carboxylic acids is 2. The van der Waals surface area contributed by atoms with Gasteiger partial charge in [-0.1, -0.05) is 6.07 Å². The van der Waals surface area contributed by atoms with Gasteiger partial charge in [0.1, 0.15) is 6.04 Å². The number of amides is 2. The molecule has 100 valence electrons. The first-order chi connectivity index (χ1) is 9.06. The van der Waals surface area contributed by atoms with Crippen molar-refractivity contribution >= 4 is 23.5 Å². The molecule has 0 aliphatic carbocycles. The van der Waals surface area contributed by atoms with E-state index < -0.39 is 12.0 Å². The predicted molar refractivity (Wildman–Crippen MR) is 66.8 cm³/mol. The van der Waals surface area contributed by atoms with Gasteiger partial charge < -0.3 is 15.7 Å². The first-order valence-electron chi connectivity index (χ1n) is 5.70. The molecule has 4 N–H and O–H groups in total. The quantitative estimate of drug-likeness (QED) is 0.583. The lowest BCUT2D eigenvalue weighted by atomic mass is 10.2. The number of aromatic carboxylic acids is 1. The normalized spacial score (nSPS) is 18.5. The van der Waals surface area contributed by atoms with Gasteiger partial charge in [-0.05, 0) is 18.2 Å². The van der Waals surface area contributed by atoms with E-state index in [4.69, 9.17) is 5.11 Å². The Morgan fingerprint density at radius 3 is 2.79 bits per heavy atom. The summed E-state index contributed by atoms with van der Waals surface area (Å²) < 4.78 is 0. The van der Waals surface area contributed by atoms with Gasteiger partial charge in [0, 0.05) is 12.2 Å². The highest BCUT2D eigenvalue weighted by atomic mass is 16.4. The summed E-state index contributed by atoms with van der Waals surface area (Å²) in [6, 6.07) is 5.45. The van der Waals surface area contributed by atoms with Crippen LogP contribution < -0.4 is 16.0 Å². The van der Waals surface area contributed by atoms with Gasteiger partial charge in [-0.2, -0.15) is 0 Å². The molecule has 1 aromatic rings. The number of carbonyl (C=O) groups is 3. The second-order valence-electron chi connectivity index (χ2n) is 4.11. The topological polar surface area (TPSA) is 108 Å². The van der Waals surface area contributed by atoms with Gasteiger partial charge in [-0.15, -0.1) is 0 Å². The van der Waals surface area contributed by atoms with Crippen LogP contribution >= 0.6 is 0 Å². The van der Waals surface area contributed by atoms with Crippen molar-refractivity contribution in [3.05, 3.63) is 29.8 Å². The fourth-order valence-corrected chi connectivity index (χ4v) is 1.71. The van der Waals surface area contributed by atoms with E-state index in [0.717, 1.165) is 0 Å². The van der Waals surface area contributed by atoms with E-state index in [1.807, 2.05) is 0 Å². The molecule has 2 amide bonds. The summed E-state index contributed by atoms with van der Waals surface area (Å²) in [5.41, 5.74) is 0.506. The molecule has 1 atom stereocenters. The smallest absolute Gasteiger partial charge is 0.335 e. The molecule has 0 saturated carbocycles. The number of benzene rings is 1. The average Bonchev–Trinajstić information content (AvgIpc) is 2.39. The monoisotopic (exact) mass is 263 g/mol. The summed E-state index contributed by atoms with van der Waals surface area (Å²) >= 11 is 0. The van der Waals surface area contributed by atoms with Crippen molar-refractivity contribution in [1.29, 1.82) is 0 Å². The van der Waals surface area contributed by atoms with Crippen molar-refractivity contribution in [3.63, 3.8) is 0 Å². The molecule has 1 fully saturated rings. The van der Waals surface area contributed by atoms with Crippen molar-refractivity contribution in [2.24, 2.45) is 0 Å². The zero-order valence-electron chi connectivity index (χ0n) is 9.97. The van der Waals surface area contributed by atoms with E-state index >= 15 is 0 Å². The second kappa shape index (κ2) is 5.49. The van der Waals surface area contributed by atoms with E-state index in [-0.39, 0.29) is 30.5 Å². The van der Waals surface area contributed by atoms with Crippen molar-refractivity contribution in [1.82, 2.24) is 10.6 Å². The van der Waals surface area contributed by atoms with Crippen LogP contribution in [0, 0.1) is 0 Å². The Bertz CT molecular complexity index is 519. The average molecular weight is 263 g/mol. The first-order valence-corrected chi connectivity index (χ1v) is 5.70. The third-order valence-electron chi connectivity index (χ3n) is 2.71. The Labute approximate surface area is 109 Å². The van der Waals surface area contributed by atoms with Crippen LogP contribution in [0.4, 0.5) is 5.69 Å². The molecule has 1 heterocycles. The van der Waals surface area contributed by atoms with Crippen LogP contribution in [-0.4, -0.2) is 42.0 Å². The van der Waals surface area contributed by atoms with E-state index in [2.05, 4.69) is 16.0 Å². The van der Waals surface area contributed by atoms with Gasteiger partial charge in [0.05, 0.1) is 12.1 Å². The Morgan fingerprint density at radius 2 is 2.16 bits per heavy atom. The number of nitrogens with one attached hydrogen (secondary N) is 3. The standard InChI is InChI=1S/C12H13N3O4/c16-10-6-13-9(5-14-10)11(17)15-8-3-1-2-7(4-8)12(18)19/h1-4,9,13H,5-6H2,(H,14,16)(H,15,17)(H,18,19). The molecular formula is C12H13N3O4. The summed E-state index contributed by atoms with van der Waals surface area (Å²) in [6.07, 6.45) is 0. The molecule has 7 nitrogen and oxygen atoms in total. The molecular weight excluding hydrogens is 250 g/mol. The number of hydrogen-bond donors (Lipinski definition) is 4. The van der Waals surface area contributed by atoms with E-state index in [1.165, 1.54) is 12.1 Å². The van der Waals surface area contributed by atoms with Crippen LogP contribution in [-0.2, 0) is 9.59 Å². The highest BCUT2D eigenvalue weighted by Gasteiger charge is 2.23. The summed E-state index contributed by atoms with van der Waals surface area (Å²) in [4.78, 5) is 33.6. The molecule has 2 rings (SSSR count). The van der Waals surface area contributed by atoms with E-state index in [9.17, 15) is 14.4 Å². The minimum atomic E-state index is -1.06. The Hall–Kier alpha value is -2.41. The number of rotatable bonds is 3. The molecule has 1 aliphatic heterocycles. The largest absolute Gasteiger partial charge is 0.478 e. The van der Waals surface area contributed by atoms with Gasteiger partial charge in [0.2, 0.25) is 11.8 Å². The maximum absolute atomic E-state index is 11.9. The van der Waals surface area contributed by atoms with Crippen molar-refractivity contribution in [2.45, 2.75) is 6.04 Å². The van der Waals surface area contributed by atoms with Gasteiger partial charge in [0.25, 0.3) is 0 Å². The van der Waals surface area contributed by atoms with Gasteiger partial charge >= 0.3 is 5.97 Å². The zero-order valence-corrected chi connectivity index (χ0v) is 9.97. The fourth-order valence-electron chi connectivity index (χ4n) is 1.71. The highest BCUT2D eigenvalue weighted by molar-refractivity contribution is 5.97. The Morgan fingerprint density at radius 1 is 1.37 bits per heavy atom. The van der Waals surface area contributed by atoms with Crippen molar-refractivity contribution in [3.8, 4) is 0 Å². The van der Waals surface area contributed by atoms with Crippen LogP contribution in [0.1, 0.15) is 10.4 Å². The van der Waals surface area contributed by atoms with Gasteiger partial charge in [-0.3, -0.25) is 14.9 Å². The van der Waals surface area contributed by atoms with Crippen LogP contribution in [0.25, 0.3) is 0 Å². The number of hydrogen-bond acceptors (Lipinski definition) is 4. The van der Waals surface area contributed by atoms with Crippen molar-refractivity contribution < 1.29 is 19.5 Å². The molecule has 0 bridgehead atoms. The zero-order chi connectivity index (χ0) is 13.8. The lowest BCUT2D eigenvalue weighted by Crippen LogP contribution is -2.56. The first kappa shape index (κ1) is 13.0. The van der Waals surface area contributed by atoms with E-state index in [1.54, 1.807) is 12.1 Å². The Kier molecular flexibility index (Phi) is 3.76. The minimum Gasteiger partial charge on any atom is -0.478 e. The minimum absolute atomic E-state index is 0.0905. The lowest BCUT2D eigenvalue weighted by Gasteiger charge is -2.23. The summed E-state index contributed by atoms with van der Waals surface area (Å²) in [5, 5.41) is 16.8. The summed E-state index contributed by atoms with van der Waals surface area (Å²) in [5.74, 6) is -1.53. The number of piperazine rings is 1. The molecule has 0 radical (unpaired) electrons. The molecule has 1 aromatic carbocycles. The van der Waals surface area contributed by atoms with Gasteiger partial charge in [0.15, 0.2) is 0 Å². The molecule has 19 heavy (non-hydrogen) atoms. The Balaban J connectivity index is 2.00. The maximum Gasteiger partial charge on any atom is 0.335 e. The lowest BCUT2D eigenvalue weighted by molar-refractivity contribution is -0.124. The molecule has 1 aliphatic rings. The summed E-state index contributed by atoms with van der Waals surface area (Å²) in [7, 11) is 0. The SMILES string of the molecule is O=C1CNC(C(=O)Nc2cccc(C(=O)O)c2)CN1. The van der Waals surface area contributed by atoms with Crippen LogP contribution in [0.2, 0.25) is 0 Å². The molecule has 0 aromatic heterocycles. The van der Waals surface area contributed by atoms with E-state index in [0.29, 0.717) is 5.69 Å². The maximum atomic E-state index is 11.9. The van der Waals surface area contributed by atoms with Crippen LogP contribution in [0.15, 0.2) is 24.3 Å². The number of carboxylic acids is 1. The molecule has 1 unspecified atom stereocenters. The molecule has 7 heteroatoms. The number of carboxylic acid groups (broad SMARTS) is 1. The fraction of sp³-hybridized carbons (Fsp3) is 0.250. The van der Waals surface area contributed by atoms with Crippen molar-refractivity contribution in [2.75, 3.05) is 18.4 Å². The molecule has 1 saturated heterocycles. The third kappa shape index (κ3) is 3.29.